The number of rotatable bonds is 9. The molecule has 0 fully saturated rings. The first kappa shape index (κ1) is 22.9. The highest BCUT2D eigenvalue weighted by molar-refractivity contribution is 9.10. The van der Waals surface area contributed by atoms with E-state index in [9.17, 15) is 4.79 Å². The highest BCUT2D eigenvalue weighted by Gasteiger charge is 2.12. The Kier molecular flexibility index (Phi) is 8.70. The van der Waals surface area contributed by atoms with Gasteiger partial charge in [-0.25, -0.2) is 5.43 Å². The second-order valence-electron chi connectivity index (χ2n) is 7.14. The topological polar surface area (TPSA) is 53.9 Å². The van der Waals surface area contributed by atoms with Gasteiger partial charge < -0.3 is 9.64 Å². The second kappa shape index (κ2) is 11.0. The first-order chi connectivity index (χ1) is 13.8. The summed E-state index contributed by atoms with van der Waals surface area (Å²) >= 11 is 3.55. The lowest BCUT2D eigenvalue weighted by molar-refractivity contribution is -0.123. The molecule has 0 heterocycles. The van der Waals surface area contributed by atoms with Crippen molar-refractivity contribution >= 4 is 33.7 Å². The van der Waals surface area contributed by atoms with E-state index in [1.807, 2.05) is 31.2 Å². The number of ether oxygens (including phenoxy) is 1. The van der Waals surface area contributed by atoms with Crippen LogP contribution in [0.15, 0.2) is 46.0 Å². The number of nitrogens with zero attached hydrogens (tertiary/aromatic N) is 2. The zero-order valence-electron chi connectivity index (χ0n) is 17.8. The highest BCUT2D eigenvalue weighted by Crippen LogP contribution is 2.32. The van der Waals surface area contributed by atoms with Crippen LogP contribution in [0.3, 0.4) is 0 Å². The van der Waals surface area contributed by atoms with Gasteiger partial charge in [0, 0.05) is 23.2 Å². The van der Waals surface area contributed by atoms with Crippen LogP contribution in [0.4, 0.5) is 5.69 Å². The number of carbonyl (C=O) groups excluding carboxylic acids is 1. The minimum absolute atomic E-state index is 0.0843. The minimum atomic E-state index is -0.295. The Morgan fingerprint density at radius 3 is 2.45 bits per heavy atom. The summed E-state index contributed by atoms with van der Waals surface area (Å²) in [6.07, 6.45) is 1.63. The Bertz CT molecular complexity index is 844. The molecule has 0 radical (unpaired) electrons. The predicted octanol–water partition coefficient (Wildman–Crippen LogP) is 5.26. The van der Waals surface area contributed by atoms with Gasteiger partial charge in [-0.3, -0.25) is 4.79 Å². The second-order valence-corrected chi connectivity index (χ2v) is 7.99. The number of amides is 1. The van der Waals surface area contributed by atoms with Crippen LogP contribution in [0.1, 0.15) is 50.3 Å². The Morgan fingerprint density at radius 2 is 1.86 bits per heavy atom. The minimum Gasteiger partial charge on any atom is -0.483 e. The lowest BCUT2D eigenvalue weighted by atomic mass is 10.0. The van der Waals surface area contributed by atoms with Gasteiger partial charge in [-0.15, -0.1) is 0 Å². The molecule has 2 aromatic carbocycles. The Labute approximate surface area is 182 Å². The van der Waals surface area contributed by atoms with E-state index < -0.39 is 0 Å². The maximum absolute atomic E-state index is 12.1. The summed E-state index contributed by atoms with van der Waals surface area (Å²) < 4.78 is 6.79. The molecule has 1 N–H and O–H groups in total. The Hall–Kier alpha value is -2.34. The number of hydrogen-bond donors (Lipinski definition) is 1. The van der Waals surface area contributed by atoms with Crippen LogP contribution in [0.2, 0.25) is 0 Å². The molecule has 0 bridgehead atoms. The van der Waals surface area contributed by atoms with Crippen molar-refractivity contribution < 1.29 is 9.53 Å². The lowest BCUT2D eigenvalue weighted by Crippen LogP contribution is -2.25. The molecule has 0 unspecified atom stereocenters. The normalized spacial score (nSPS) is 11.1. The fourth-order valence-corrected chi connectivity index (χ4v) is 3.32. The van der Waals surface area contributed by atoms with Crippen molar-refractivity contribution in [3.63, 3.8) is 0 Å². The molecule has 29 heavy (non-hydrogen) atoms. The third-order valence-electron chi connectivity index (χ3n) is 4.70. The monoisotopic (exact) mass is 459 g/mol. The van der Waals surface area contributed by atoms with E-state index in [4.69, 9.17) is 4.74 Å². The van der Waals surface area contributed by atoms with Gasteiger partial charge >= 0.3 is 0 Å². The van der Waals surface area contributed by atoms with Crippen LogP contribution in [0.5, 0.6) is 5.75 Å². The smallest absolute Gasteiger partial charge is 0.277 e. The number of anilines is 1. The molecule has 2 rings (SSSR count). The van der Waals surface area contributed by atoms with Gasteiger partial charge in [0.05, 0.1) is 6.21 Å². The maximum Gasteiger partial charge on any atom is 0.277 e. The van der Waals surface area contributed by atoms with Crippen molar-refractivity contribution in [2.75, 3.05) is 24.6 Å². The van der Waals surface area contributed by atoms with Crippen molar-refractivity contribution in [2.45, 2.75) is 40.5 Å². The van der Waals surface area contributed by atoms with Gasteiger partial charge in [-0.1, -0.05) is 41.9 Å². The van der Waals surface area contributed by atoms with Gasteiger partial charge in [0.2, 0.25) is 0 Å². The summed E-state index contributed by atoms with van der Waals surface area (Å²) in [5, 5.41) is 4.03. The highest BCUT2D eigenvalue weighted by atomic mass is 79.9. The fourth-order valence-electron chi connectivity index (χ4n) is 2.96. The van der Waals surface area contributed by atoms with Crippen LogP contribution in [-0.4, -0.2) is 31.8 Å². The third kappa shape index (κ3) is 6.60. The van der Waals surface area contributed by atoms with Crippen molar-refractivity contribution in [3.05, 3.63) is 57.6 Å². The Balaban J connectivity index is 1.91. The molecule has 0 aliphatic rings. The van der Waals surface area contributed by atoms with E-state index in [0.717, 1.165) is 40.0 Å². The van der Waals surface area contributed by atoms with Crippen LogP contribution < -0.4 is 15.1 Å². The van der Waals surface area contributed by atoms with E-state index >= 15 is 0 Å². The number of hydrogen-bond acceptors (Lipinski definition) is 4. The molecule has 1 amide bonds. The van der Waals surface area contributed by atoms with Gasteiger partial charge in [0.1, 0.15) is 5.75 Å². The van der Waals surface area contributed by atoms with E-state index in [-0.39, 0.29) is 12.5 Å². The molecule has 0 spiro atoms. The Morgan fingerprint density at radius 1 is 1.21 bits per heavy atom. The van der Waals surface area contributed by atoms with Crippen LogP contribution in [-0.2, 0) is 4.79 Å². The van der Waals surface area contributed by atoms with Crippen molar-refractivity contribution in [1.29, 1.82) is 0 Å². The molecular weight excluding hydrogens is 430 g/mol. The molecule has 0 aliphatic carbocycles. The molecule has 2 aromatic rings. The van der Waals surface area contributed by atoms with Gasteiger partial charge in [-0.2, -0.15) is 5.10 Å². The van der Waals surface area contributed by atoms with Crippen molar-refractivity contribution in [2.24, 2.45) is 5.10 Å². The number of benzene rings is 2. The van der Waals surface area contributed by atoms with Crippen molar-refractivity contribution in [3.8, 4) is 5.75 Å². The lowest BCUT2D eigenvalue weighted by Gasteiger charge is -2.20. The van der Waals surface area contributed by atoms with E-state index in [1.54, 1.807) is 6.21 Å². The zero-order chi connectivity index (χ0) is 21.4. The van der Waals surface area contributed by atoms with Gasteiger partial charge in [0.25, 0.3) is 5.91 Å². The molecule has 5 nitrogen and oxygen atoms in total. The number of aryl methyl sites for hydroxylation is 1. The number of hydrazone groups is 1. The molecule has 0 saturated carbocycles. The summed E-state index contributed by atoms with van der Waals surface area (Å²) in [4.78, 5) is 14.4. The quantitative estimate of drug-likeness (QED) is 0.411. The zero-order valence-corrected chi connectivity index (χ0v) is 19.4. The largest absolute Gasteiger partial charge is 0.483 e. The summed E-state index contributed by atoms with van der Waals surface area (Å²) in [6.45, 7) is 12.3. The van der Waals surface area contributed by atoms with E-state index in [2.05, 4.69) is 71.2 Å². The van der Waals surface area contributed by atoms with E-state index in [0.29, 0.717) is 5.92 Å². The summed E-state index contributed by atoms with van der Waals surface area (Å²) in [5.74, 6) is 0.727. The standard InChI is InChI=1S/C23H30BrN3O2/c1-6-27(7-2)19-10-8-18(9-11-19)14-25-26-23(28)15-29-22-12-17(5)21(24)13-20(22)16(3)4/h8-14,16H,6-7,15H2,1-5H3,(H,26,28). The molecule has 0 aliphatic heterocycles. The van der Waals surface area contributed by atoms with Crippen LogP contribution >= 0.6 is 15.9 Å². The predicted molar refractivity (Wildman–Crippen MR) is 124 cm³/mol. The summed E-state index contributed by atoms with van der Waals surface area (Å²) in [5.41, 5.74) is 6.75. The average Bonchev–Trinajstić information content (AvgIpc) is 2.70. The first-order valence-corrected chi connectivity index (χ1v) is 10.7. The van der Waals surface area contributed by atoms with Crippen LogP contribution in [0.25, 0.3) is 0 Å². The number of carbonyl (C=O) groups is 1. The maximum atomic E-state index is 12.1. The molecule has 0 aromatic heterocycles. The third-order valence-corrected chi connectivity index (χ3v) is 5.55. The summed E-state index contributed by atoms with van der Waals surface area (Å²) in [7, 11) is 0. The molecular formula is C23H30BrN3O2. The SMILES string of the molecule is CCN(CC)c1ccc(C=NNC(=O)COc2cc(C)c(Br)cc2C(C)C)cc1. The molecule has 156 valence electrons. The molecule has 6 heteroatoms. The van der Waals surface area contributed by atoms with Gasteiger partial charge in [0.15, 0.2) is 6.61 Å². The van der Waals surface area contributed by atoms with Gasteiger partial charge in [-0.05, 0) is 67.6 Å². The molecule has 0 atom stereocenters. The van der Waals surface area contributed by atoms with Crippen LogP contribution in [0, 0.1) is 6.92 Å². The van der Waals surface area contributed by atoms with E-state index in [1.165, 1.54) is 5.69 Å². The number of nitrogens with one attached hydrogen (secondary N) is 1. The number of halogens is 1. The fraction of sp³-hybridized carbons (Fsp3) is 0.391. The molecule has 0 saturated heterocycles. The average molecular weight is 460 g/mol. The van der Waals surface area contributed by atoms with Crippen molar-refractivity contribution in [1.82, 2.24) is 5.43 Å². The first-order valence-electron chi connectivity index (χ1n) is 9.95. The summed E-state index contributed by atoms with van der Waals surface area (Å²) in [6, 6.07) is 12.1.